The second-order valence-electron chi connectivity index (χ2n) is 5.99. The maximum Gasteiger partial charge on any atom is 0.315 e. The first-order chi connectivity index (χ1) is 12.5. The smallest absolute Gasteiger partial charge is 0.315 e. The lowest BCUT2D eigenvalue weighted by atomic mass is 10.1. The quantitative estimate of drug-likeness (QED) is 0.706. The first-order valence-corrected chi connectivity index (χ1v) is 8.67. The fourth-order valence-electron chi connectivity index (χ4n) is 2.45. The van der Waals surface area contributed by atoms with Gasteiger partial charge in [-0.05, 0) is 42.7 Å². The number of benzene rings is 2. The second-order valence-corrected chi connectivity index (χ2v) is 5.99. The first kappa shape index (κ1) is 19.4. The molecule has 0 aliphatic carbocycles. The van der Waals surface area contributed by atoms with Crippen LogP contribution in [0.5, 0.6) is 0 Å². The molecule has 6 heteroatoms. The summed E-state index contributed by atoms with van der Waals surface area (Å²) in [5, 5.41) is 8.34. The number of anilines is 1. The molecule has 2 rings (SSSR count). The van der Waals surface area contributed by atoms with Crippen LogP contribution in [0.4, 0.5) is 14.9 Å². The number of nitrogens with one attached hydrogen (secondary N) is 3. The van der Waals surface area contributed by atoms with Crippen molar-refractivity contribution in [1.29, 1.82) is 0 Å². The van der Waals surface area contributed by atoms with Crippen LogP contribution in [0.15, 0.2) is 48.5 Å². The third-order valence-corrected chi connectivity index (χ3v) is 4.00. The van der Waals surface area contributed by atoms with Gasteiger partial charge in [0, 0.05) is 18.7 Å². The minimum atomic E-state index is -0.308. The molecule has 0 spiro atoms. The van der Waals surface area contributed by atoms with Crippen LogP contribution < -0.4 is 16.0 Å². The monoisotopic (exact) mass is 357 g/mol. The Morgan fingerprint density at radius 1 is 1.08 bits per heavy atom. The molecule has 0 saturated carbocycles. The lowest BCUT2D eigenvalue weighted by Crippen LogP contribution is -2.38. The average molecular weight is 357 g/mol. The van der Waals surface area contributed by atoms with Crippen molar-refractivity contribution in [3.05, 3.63) is 65.5 Å². The predicted molar refractivity (Wildman–Crippen MR) is 100 cm³/mol. The Kier molecular flexibility index (Phi) is 7.14. The predicted octanol–water partition coefficient (Wildman–Crippen LogP) is 3.78. The number of hydrogen-bond acceptors (Lipinski definition) is 2. The normalized spacial score (nSPS) is 11.5. The van der Waals surface area contributed by atoms with Crippen LogP contribution in [0, 0.1) is 5.82 Å². The first-order valence-electron chi connectivity index (χ1n) is 8.67. The standard InChI is InChI=1S/C20H24FN3O2/c1-3-19(25)24-17-10-8-15(9-11-17)14(2)23-20(26)22-13-12-16-6-4-5-7-18(16)21/h4-11,14H,3,12-13H2,1-2H3,(H,24,25)(H2,22,23,26). The van der Waals surface area contributed by atoms with E-state index in [1.54, 1.807) is 37.3 Å². The van der Waals surface area contributed by atoms with Crippen molar-refractivity contribution in [1.82, 2.24) is 10.6 Å². The molecule has 26 heavy (non-hydrogen) atoms. The summed E-state index contributed by atoms with van der Waals surface area (Å²) in [5.74, 6) is -0.309. The summed E-state index contributed by atoms with van der Waals surface area (Å²) in [6.07, 6.45) is 0.854. The van der Waals surface area contributed by atoms with Crippen molar-refractivity contribution < 1.29 is 14.0 Å². The van der Waals surface area contributed by atoms with E-state index in [0.717, 1.165) is 11.3 Å². The fourth-order valence-corrected chi connectivity index (χ4v) is 2.45. The highest BCUT2D eigenvalue weighted by Gasteiger charge is 2.10. The highest BCUT2D eigenvalue weighted by atomic mass is 19.1. The molecule has 0 heterocycles. The number of amides is 3. The van der Waals surface area contributed by atoms with E-state index in [1.807, 2.05) is 19.1 Å². The Hall–Kier alpha value is -2.89. The molecule has 0 saturated heterocycles. The molecule has 2 aromatic rings. The van der Waals surface area contributed by atoms with E-state index in [-0.39, 0.29) is 23.8 Å². The van der Waals surface area contributed by atoms with Crippen molar-refractivity contribution >= 4 is 17.6 Å². The SMILES string of the molecule is CCC(=O)Nc1ccc(C(C)NC(=O)NCCc2ccccc2F)cc1. The van der Waals surface area contributed by atoms with Gasteiger partial charge in [0.05, 0.1) is 6.04 Å². The number of rotatable bonds is 7. The molecule has 0 radical (unpaired) electrons. The van der Waals surface area contributed by atoms with Gasteiger partial charge in [-0.2, -0.15) is 0 Å². The molecule has 0 aliphatic heterocycles. The summed E-state index contributed by atoms with van der Waals surface area (Å²) in [7, 11) is 0. The number of carbonyl (C=O) groups excluding carboxylic acids is 2. The van der Waals surface area contributed by atoms with Crippen LogP contribution in [-0.4, -0.2) is 18.5 Å². The minimum absolute atomic E-state index is 0.0434. The summed E-state index contributed by atoms with van der Waals surface area (Å²) >= 11 is 0. The molecule has 0 fully saturated rings. The van der Waals surface area contributed by atoms with Gasteiger partial charge in [-0.25, -0.2) is 9.18 Å². The van der Waals surface area contributed by atoms with Crippen molar-refractivity contribution in [2.75, 3.05) is 11.9 Å². The summed E-state index contributed by atoms with van der Waals surface area (Å²) in [6.45, 7) is 4.01. The van der Waals surface area contributed by atoms with Crippen molar-refractivity contribution in [3.8, 4) is 0 Å². The van der Waals surface area contributed by atoms with E-state index in [2.05, 4.69) is 16.0 Å². The molecule has 0 bridgehead atoms. The number of halogens is 1. The van der Waals surface area contributed by atoms with Crippen molar-refractivity contribution in [2.45, 2.75) is 32.7 Å². The Morgan fingerprint density at radius 3 is 2.42 bits per heavy atom. The minimum Gasteiger partial charge on any atom is -0.338 e. The van der Waals surface area contributed by atoms with Crippen LogP contribution in [0.1, 0.15) is 37.4 Å². The topological polar surface area (TPSA) is 70.2 Å². The molecular weight excluding hydrogens is 333 g/mol. The largest absolute Gasteiger partial charge is 0.338 e. The Labute approximate surface area is 153 Å². The highest BCUT2D eigenvalue weighted by molar-refractivity contribution is 5.90. The maximum atomic E-state index is 13.5. The zero-order valence-electron chi connectivity index (χ0n) is 15.0. The molecule has 138 valence electrons. The van der Waals surface area contributed by atoms with Gasteiger partial charge in [0.25, 0.3) is 0 Å². The molecule has 0 aromatic heterocycles. The third-order valence-electron chi connectivity index (χ3n) is 4.00. The summed E-state index contributed by atoms with van der Waals surface area (Å²) < 4.78 is 13.5. The lowest BCUT2D eigenvalue weighted by molar-refractivity contribution is -0.115. The van der Waals surface area contributed by atoms with Gasteiger partial charge in [-0.15, -0.1) is 0 Å². The average Bonchev–Trinajstić information content (AvgIpc) is 2.63. The van der Waals surface area contributed by atoms with Crippen molar-refractivity contribution in [2.24, 2.45) is 0 Å². The number of urea groups is 1. The van der Waals surface area contributed by atoms with Gasteiger partial charge in [0.2, 0.25) is 5.91 Å². The van der Waals surface area contributed by atoms with Gasteiger partial charge in [-0.1, -0.05) is 37.3 Å². The molecule has 2 aromatic carbocycles. The van der Waals surface area contributed by atoms with Crippen LogP contribution in [0.2, 0.25) is 0 Å². The maximum absolute atomic E-state index is 13.5. The van der Waals surface area contributed by atoms with Crippen LogP contribution in [-0.2, 0) is 11.2 Å². The van der Waals surface area contributed by atoms with E-state index in [1.165, 1.54) is 6.07 Å². The highest BCUT2D eigenvalue weighted by Crippen LogP contribution is 2.16. The second kappa shape index (κ2) is 9.56. The van der Waals surface area contributed by atoms with E-state index in [0.29, 0.717) is 24.9 Å². The fraction of sp³-hybridized carbons (Fsp3) is 0.300. The molecule has 3 amide bonds. The van der Waals surface area contributed by atoms with E-state index in [9.17, 15) is 14.0 Å². The van der Waals surface area contributed by atoms with Crippen LogP contribution in [0.25, 0.3) is 0 Å². The van der Waals surface area contributed by atoms with Gasteiger partial charge in [0.15, 0.2) is 0 Å². The van der Waals surface area contributed by atoms with Gasteiger partial charge in [-0.3, -0.25) is 4.79 Å². The Balaban J connectivity index is 1.79. The third kappa shape index (κ3) is 5.88. The summed E-state index contributed by atoms with van der Waals surface area (Å²) in [5.41, 5.74) is 2.22. The van der Waals surface area contributed by atoms with Crippen LogP contribution in [0.3, 0.4) is 0 Å². The number of carbonyl (C=O) groups is 2. The zero-order chi connectivity index (χ0) is 18.9. The van der Waals surface area contributed by atoms with E-state index in [4.69, 9.17) is 0 Å². The molecule has 5 nitrogen and oxygen atoms in total. The van der Waals surface area contributed by atoms with Crippen LogP contribution >= 0.6 is 0 Å². The van der Waals surface area contributed by atoms with Gasteiger partial charge >= 0.3 is 6.03 Å². The van der Waals surface area contributed by atoms with E-state index < -0.39 is 0 Å². The van der Waals surface area contributed by atoms with Gasteiger partial charge < -0.3 is 16.0 Å². The molecule has 1 atom stereocenters. The van der Waals surface area contributed by atoms with Gasteiger partial charge in [0.1, 0.15) is 5.82 Å². The molecular formula is C20H24FN3O2. The van der Waals surface area contributed by atoms with E-state index >= 15 is 0 Å². The lowest BCUT2D eigenvalue weighted by Gasteiger charge is -2.16. The summed E-state index contributed by atoms with van der Waals surface area (Å²) in [4.78, 5) is 23.3. The Bertz CT molecular complexity index is 747. The molecule has 0 aliphatic rings. The Morgan fingerprint density at radius 2 is 1.77 bits per heavy atom. The van der Waals surface area contributed by atoms with Crippen molar-refractivity contribution in [3.63, 3.8) is 0 Å². The summed E-state index contributed by atoms with van der Waals surface area (Å²) in [6, 6.07) is 13.3. The molecule has 3 N–H and O–H groups in total. The molecule has 1 unspecified atom stereocenters. The zero-order valence-corrected chi connectivity index (χ0v) is 15.0. The number of hydrogen-bond donors (Lipinski definition) is 3.